The van der Waals surface area contributed by atoms with E-state index in [0.717, 1.165) is 11.1 Å². The van der Waals surface area contributed by atoms with Crippen molar-refractivity contribution < 1.29 is 27.5 Å². The standard InChI is InChI=1S/C21H27N3O6S/c1-13-5-6-14(2)18(11-13)24-19(25)8-7-17(22-24)21(27)30-15(3)20(26)23(4)16-9-10-31(28,29)12-16/h5-6,11,15-16H,7-10,12H2,1-4H3. The molecule has 1 aromatic rings. The molecule has 1 aromatic carbocycles. The van der Waals surface area contributed by atoms with Gasteiger partial charge in [-0.2, -0.15) is 10.1 Å². The van der Waals surface area contributed by atoms with Crippen LogP contribution in [0.2, 0.25) is 0 Å². The van der Waals surface area contributed by atoms with Crippen molar-refractivity contribution in [3.05, 3.63) is 29.3 Å². The molecule has 0 saturated carbocycles. The van der Waals surface area contributed by atoms with E-state index in [4.69, 9.17) is 4.74 Å². The van der Waals surface area contributed by atoms with Gasteiger partial charge in [0, 0.05) is 25.9 Å². The maximum atomic E-state index is 12.6. The van der Waals surface area contributed by atoms with Crippen LogP contribution < -0.4 is 5.01 Å². The summed E-state index contributed by atoms with van der Waals surface area (Å²) < 4.78 is 28.6. The molecule has 0 aliphatic carbocycles. The highest BCUT2D eigenvalue weighted by atomic mass is 32.2. The molecule has 10 heteroatoms. The Labute approximate surface area is 182 Å². The lowest BCUT2D eigenvalue weighted by Gasteiger charge is -2.27. The zero-order chi connectivity index (χ0) is 22.9. The average Bonchev–Trinajstić information content (AvgIpc) is 3.08. The molecule has 2 atom stereocenters. The summed E-state index contributed by atoms with van der Waals surface area (Å²) in [7, 11) is -1.63. The number of sulfone groups is 1. The molecule has 2 unspecified atom stereocenters. The van der Waals surface area contributed by atoms with Gasteiger partial charge in [0.2, 0.25) is 5.91 Å². The SMILES string of the molecule is Cc1ccc(C)c(N2N=C(C(=O)OC(C)C(=O)N(C)C3CCS(=O)(=O)C3)CCC2=O)c1. The van der Waals surface area contributed by atoms with Gasteiger partial charge in [-0.3, -0.25) is 9.59 Å². The van der Waals surface area contributed by atoms with E-state index >= 15 is 0 Å². The van der Waals surface area contributed by atoms with Crippen molar-refractivity contribution in [2.45, 2.75) is 52.2 Å². The van der Waals surface area contributed by atoms with Crippen LogP contribution in [0.3, 0.4) is 0 Å². The van der Waals surface area contributed by atoms with Gasteiger partial charge in [0.05, 0.1) is 17.2 Å². The molecule has 0 spiro atoms. The summed E-state index contributed by atoms with van der Waals surface area (Å²) in [6.07, 6.45) is -0.513. The largest absolute Gasteiger partial charge is 0.448 e. The number of hydrogen-bond donors (Lipinski definition) is 0. The van der Waals surface area contributed by atoms with Crippen molar-refractivity contribution in [2.24, 2.45) is 5.10 Å². The van der Waals surface area contributed by atoms with E-state index < -0.39 is 33.9 Å². The summed E-state index contributed by atoms with van der Waals surface area (Å²) >= 11 is 0. The van der Waals surface area contributed by atoms with E-state index in [1.807, 2.05) is 32.0 Å². The number of hydrogen-bond acceptors (Lipinski definition) is 7. The number of aryl methyl sites for hydroxylation is 2. The molecule has 0 radical (unpaired) electrons. The number of esters is 1. The van der Waals surface area contributed by atoms with Crippen LogP contribution in [0.5, 0.6) is 0 Å². The minimum absolute atomic E-state index is 0.0441. The average molecular weight is 450 g/mol. The fourth-order valence-corrected chi connectivity index (χ4v) is 5.44. The predicted octanol–water partition coefficient (Wildman–Crippen LogP) is 1.36. The fraction of sp³-hybridized carbons (Fsp3) is 0.524. The Morgan fingerprint density at radius 2 is 1.97 bits per heavy atom. The van der Waals surface area contributed by atoms with Crippen molar-refractivity contribution >= 4 is 39.0 Å². The number of ether oxygens (including phenoxy) is 1. The third-order valence-electron chi connectivity index (χ3n) is 5.60. The van der Waals surface area contributed by atoms with Gasteiger partial charge in [0.15, 0.2) is 15.9 Å². The fourth-order valence-electron chi connectivity index (χ4n) is 3.66. The Balaban J connectivity index is 1.71. The molecule has 9 nitrogen and oxygen atoms in total. The van der Waals surface area contributed by atoms with E-state index in [2.05, 4.69) is 5.10 Å². The normalized spacial score (nSPS) is 21.4. The van der Waals surface area contributed by atoms with Gasteiger partial charge in [-0.25, -0.2) is 13.2 Å². The monoisotopic (exact) mass is 449 g/mol. The summed E-state index contributed by atoms with van der Waals surface area (Å²) in [6, 6.07) is 5.19. The Morgan fingerprint density at radius 3 is 2.61 bits per heavy atom. The summed E-state index contributed by atoms with van der Waals surface area (Å²) in [5, 5.41) is 5.42. The second-order valence-corrected chi connectivity index (χ2v) is 10.3. The van der Waals surface area contributed by atoms with E-state index in [9.17, 15) is 22.8 Å². The number of carbonyl (C=O) groups is 3. The molecular formula is C21H27N3O6S. The highest BCUT2D eigenvalue weighted by molar-refractivity contribution is 7.91. The number of anilines is 1. The summed E-state index contributed by atoms with van der Waals surface area (Å²) in [6.45, 7) is 5.19. The molecule has 168 valence electrons. The van der Waals surface area contributed by atoms with E-state index in [1.165, 1.54) is 23.9 Å². The molecule has 1 saturated heterocycles. The van der Waals surface area contributed by atoms with Crippen LogP contribution in [0.1, 0.15) is 37.3 Å². The predicted molar refractivity (Wildman–Crippen MR) is 115 cm³/mol. The van der Waals surface area contributed by atoms with Crippen molar-refractivity contribution in [3.63, 3.8) is 0 Å². The number of rotatable bonds is 5. The lowest BCUT2D eigenvalue weighted by molar-refractivity contribution is -0.154. The van der Waals surface area contributed by atoms with Crippen molar-refractivity contribution in [2.75, 3.05) is 23.6 Å². The van der Waals surface area contributed by atoms with E-state index in [-0.39, 0.29) is 36.0 Å². The Hall–Kier alpha value is -2.75. The maximum Gasteiger partial charge on any atom is 0.355 e. The molecule has 2 aliphatic rings. The lowest BCUT2D eigenvalue weighted by Crippen LogP contribution is -2.45. The van der Waals surface area contributed by atoms with Crippen LogP contribution in [0.15, 0.2) is 23.3 Å². The Morgan fingerprint density at radius 1 is 1.26 bits per heavy atom. The number of amides is 2. The smallest absolute Gasteiger partial charge is 0.355 e. The highest BCUT2D eigenvalue weighted by Crippen LogP contribution is 2.26. The van der Waals surface area contributed by atoms with Crippen LogP contribution in [0, 0.1) is 13.8 Å². The number of likely N-dealkylation sites (N-methyl/N-ethyl adjacent to an activating group) is 1. The molecule has 2 amide bonds. The zero-order valence-electron chi connectivity index (χ0n) is 18.1. The van der Waals surface area contributed by atoms with E-state index in [0.29, 0.717) is 12.1 Å². The summed E-state index contributed by atoms with van der Waals surface area (Å²) in [5.41, 5.74) is 2.45. The van der Waals surface area contributed by atoms with Gasteiger partial charge in [-0.1, -0.05) is 12.1 Å². The number of benzene rings is 1. The first-order valence-corrected chi connectivity index (χ1v) is 12.0. The van der Waals surface area contributed by atoms with Crippen molar-refractivity contribution in [1.29, 1.82) is 0 Å². The second-order valence-electron chi connectivity index (χ2n) is 8.10. The molecular weight excluding hydrogens is 422 g/mol. The van der Waals surface area contributed by atoms with Crippen molar-refractivity contribution in [3.8, 4) is 0 Å². The minimum Gasteiger partial charge on any atom is -0.448 e. The molecule has 1 fully saturated rings. The highest BCUT2D eigenvalue weighted by Gasteiger charge is 2.36. The van der Waals surface area contributed by atoms with Crippen LogP contribution in [0.4, 0.5) is 5.69 Å². The van der Waals surface area contributed by atoms with Gasteiger partial charge < -0.3 is 9.64 Å². The molecule has 3 rings (SSSR count). The Kier molecular flexibility index (Phi) is 6.49. The summed E-state index contributed by atoms with van der Waals surface area (Å²) in [5.74, 6) is -1.51. The van der Waals surface area contributed by atoms with Gasteiger partial charge >= 0.3 is 5.97 Å². The first-order valence-electron chi connectivity index (χ1n) is 10.1. The maximum absolute atomic E-state index is 12.6. The second kappa shape index (κ2) is 8.78. The first-order chi connectivity index (χ1) is 14.5. The van der Waals surface area contributed by atoms with Crippen LogP contribution in [-0.4, -0.2) is 67.5 Å². The number of nitrogens with zero attached hydrogens (tertiary/aromatic N) is 3. The zero-order valence-corrected chi connectivity index (χ0v) is 18.9. The Bertz CT molecular complexity index is 1050. The lowest BCUT2D eigenvalue weighted by atomic mass is 10.1. The molecule has 0 N–H and O–H groups in total. The van der Waals surface area contributed by atoms with Crippen molar-refractivity contribution in [1.82, 2.24) is 4.90 Å². The molecule has 0 aromatic heterocycles. The molecule has 2 heterocycles. The third kappa shape index (κ3) is 5.12. The van der Waals surface area contributed by atoms with Crippen LogP contribution >= 0.6 is 0 Å². The quantitative estimate of drug-likeness (QED) is 0.627. The molecule has 0 bridgehead atoms. The molecule has 2 aliphatic heterocycles. The third-order valence-corrected chi connectivity index (χ3v) is 7.35. The van der Waals surface area contributed by atoms with Gasteiger partial charge in [0.1, 0.15) is 5.71 Å². The van der Waals surface area contributed by atoms with Gasteiger partial charge in [-0.15, -0.1) is 0 Å². The van der Waals surface area contributed by atoms with Gasteiger partial charge in [0.25, 0.3) is 5.91 Å². The first kappa shape index (κ1) is 22.9. The molecule has 31 heavy (non-hydrogen) atoms. The van der Waals surface area contributed by atoms with E-state index in [1.54, 1.807) is 0 Å². The minimum atomic E-state index is -3.14. The number of hydrazone groups is 1. The van der Waals surface area contributed by atoms with Crippen LogP contribution in [-0.2, 0) is 29.0 Å². The summed E-state index contributed by atoms with van der Waals surface area (Å²) in [4.78, 5) is 39.0. The topological polar surface area (TPSA) is 113 Å². The van der Waals surface area contributed by atoms with Crippen LogP contribution in [0.25, 0.3) is 0 Å². The van der Waals surface area contributed by atoms with Gasteiger partial charge in [-0.05, 0) is 44.4 Å². The number of carbonyl (C=O) groups excluding carboxylic acids is 3.